The van der Waals surface area contributed by atoms with Gasteiger partial charge in [-0.1, -0.05) is 35.9 Å². The maximum Gasteiger partial charge on any atom is 0.271 e. The Labute approximate surface area is 182 Å². The molecule has 0 bridgehead atoms. The molecule has 0 aliphatic carbocycles. The number of benzene rings is 2. The van der Waals surface area contributed by atoms with Crippen molar-refractivity contribution in [1.82, 2.24) is 14.1 Å². The number of sulfonamides is 1. The molecule has 0 amide bonds. The largest absolute Gasteiger partial charge is 0.353 e. The van der Waals surface area contributed by atoms with E-state index in [1.807, 2.05) is 68.1 Å². The highest BCUT2D eigenvalue weighted by atomic mass is 32.2. The Hall–Kier alpha value is -2.97. The van der Waals surface area contributed by atoms with E-state index in [9.17, 15) is 13.2 Å². The van der Waals surface area contributed by atoms with Gasteiger partial charge in [-0.3, -0.25) is 4.79 Å². The molecule has 162 valence electrons. The van der Waals surface area contributed by atoms with E-state index in [2.05, 4.69) is 5.10 Å². The Bertz CT molecular complexity index is 1240. The molecular weight excluding hydrogens is 412 g/mol. The minimum absolute atomic E-state index is 0.207. The molecule has 4 rings (SSSR count). The van der Waals surface area contributed by atoms with Crippen LogP contribution in [0.5, 0.6) is 0 Å². The predicted molar refractivity (Wildman–Crippen MR) is 121 cm³/mol. The Morgan fingerprint density at radius 2 is 1.45 bits per heavy atom. The number of piperazine rings is 1. The van der Waals surface area contributed by atoms with Crippen molar-refractivity contribution >= 4 is 15.8 Å². The van der Waals surface area contributed by atoms with Gasteiger partial charge in [0.2, 0.25) is 10.0 Å². The highest BCUT2D eigenvalue weighted by Gasteiger charge is 2.31. The lowest BCUT2D eigenvalue weighted by atomic mass is 10.1. The van der Waals surface area contributed by atoms with E-state index >= 15 is 0 Å². The van der Waals surface area contributed by atoms with E-state index in [1.165, 1.54) is 10.7 Å². The minimum atomic E-state index is -3.57. The molecule has 7 nitrogen and oxygen atoms in total. The molecule has 1 aliphatic rings. The molecule has 0 radical (unpaired) electrons. The van der Waals surface area contributed by atoms with Crippen molar-refractivity contribution in [3.63, 3.8) is 0 Å². The van der Waals surface area contributed by atoms with Crippen molar-refractivity contribution < 1.29 is 8.42 Å². The van der Waals surface area contributed by atoms with E-state index in [-0.39, 0.29) is 5.56 Å². The first kappa shape index (κ1) is 21.3. The number of rotatable bonds is 4. The summed E-state index contributed by atoms with van der Waals surface area (Å²) in [5, 5.41) is 4.51. The van der Waals surface area contributed by atoms with Crippen LogP contribution in [0.1, 0.15) is 16.7 Å². The van der Waals surface area contributed by atoms with Crippen LogP contribution in [0.4, 0.5) is 5.82 Å². The number of aromatic nitrogens is 2. The van der Waals surface area contributed by atoms with Crippen LogP contribution in [-0.2, 0) is 10.0 Å². The van der Waals surface area contributed by atoms with Crippen molar-refractivity contribution in [3.8, 4) is 5.69 Å². The van der Waals surface area contributed by atoms with Crippen LogP contribution >= 0.6 is 0 Å². The molecule has 8 heteroatoms. The number of anilines is 1. The summed E-state index contributed by atoms with van der Waals surface area (Å²) < 4.78 is 29.5. The molecule has 0 atom stereocenters. The fraction of sp³-hybridized carbons (Fsp3) is 0.304. The quantitative estimate of drug-likeness (QED) is 0.626. The Morgan fingerprint density at radius 3 is 2.06 bits per heavy atom. The molecule has 3 aromatic rings. The molecule has 0 unspecified atom stereocenters. The van der Waals surface area contributed by atoms with Gasteiger partial charge in [0.1, 0.15) is 5.82 Å². The summed E-state index contributed by atoms with van der Waals surface area (Å²) in [4.78, 5) is 14.7. The number of hydrogen-bond donors (Lipinski definition) is 0. The molecule has 2 heterocycles. The van der Waals surface area contributed by atoms with Crippen LogP contribution in [0, 0.1) is 20.8 Å². The molecule has 31 heavy (non-hydrogen) atoms. The molecule has 1 aliphatic heterocycles. The topological polar surface area (TPSA) is 75.5 Å². The third-order valence-corrected chi connectivity index (χ3v) is 7.76. The van der Waals surface area contributed by atoms with Crippen molar-refractivity contribution in [2.75, 3.05) is 31.1 Å². The standard InChI is InChI=1S/C23H26N4O3S/c1-17-15-18(2)23(19(3)16-17)31(29,30)26-13-11-25(12-14-26)21-9-10-22(28)27(24-21)20-7-5-4-6-8-20/h4-10,15-16H,11-14H2,1-3H3. The minimum Gasteiger partial charge on any atom is -0.353 e. The summed E-state index contributed by atoms with van der Waals surface area (Å²) >= 11 is 0. The lowest BCUT2D eigenvalue weighted by Gasteiger charge is -2.35. The van der Waals surface area contributed by atoms with Gasteiger partial charge in [0.15, 0.2) is 0 Å². The summed E-state index contributed by atoms with van der Waals surface area (Å²) in [6.07, 6.45) is 0. The van der Waals surface area contributed by atoms with E-state index < -0.39 is 10.0 Å². The number of para-hydroxylation sites is 1. The van der Waals surface area contributed by atoms with Crippen LogP contribution in [0.25, 0.3) is 5.69 Å². The Balaban J connectivity index is 1.55. The fourth-order valence-corrected chi connectivity index (χ4v) is 6.02. The second-order valence-corrected chi connectivity index (χ2v) is 9.77. The third kappa shape index (κ3) is 4.13. The maximum absolute atomic E-state index is 13.3. The van der Waals surface area contributed by atoms with E-state index in [4.69, 9.17) is 0 Å². The number of hydrogen-bond acceptors (Lipinski definition) is 5. The first-order valence-electron chi connectivity index (χ1n) is 10.3. The highest BCUT2D eigenvalue weighted by Crippen LogP contribution is 2.26. The number of aryl methyl sites for hydroxylation is 3. The fourth-order valence-electron chi connectivity index (χ4n) is 4.18. The van der Waals surface area contributed by atoms with Crippen LogP contribution in [0.15, 0.2) is 64.3 Å². The lowest BCUT2D eigenvalue weighted by Crippen LogP contribution is -2.49. The molecule has 0 spiro atoms. The second-order valence-electron chi connectivity index (χ2n) is 7.90. The lowest BCUT2D eigenvalue weighted by molar-refractivity contribution is 0.382. The molecule has 1 saturated heterocycles. The third-order valence-electron chi connectivity index (χ3n) is 5.55. The summed E-state index contributed by atoms with van der Waals surface area (Å²) in [5.74, 6) is 0.656. The smallest absolute Gasteiger partial charge is 0.271 e. The average molecular weight is 439 g/mol. The van der Waals surface area contributed by atoms with Crippen LogP contribution in [-0.4, -0.2) is 48.7 Å². The van der Waals surface area contributed by atoms with Gasteiger partial charge in [-0.15, -0.1) is 5.10 Å². The van der Waals surface area contributed by atoms with E-state index in [1.54, 1.807) is 10.4 Å². The SMILES string of the molecule is Cc1cc(C)c(S(=O)(=O)N2CCN(c3ccc(=O)n(-c4ccccc4)n3)CC2)c(C)c1. The average Bonchev–Trinajstić information content (AvgIpc) is 2.74. The van der Waals surface area contributed by atoms with Gasteiger partial charge in [0, 0.05) is 32.2 Å². The van der Waals surface area contributed by atoms with Gasteiger partial charge >= 0.3 is 0 Å². The predicted octanol–water partition coefficient (Wildman–Crippen LogP) is 2.67. The number of nitrogens with zero attached hydrogens (tertiary/aromatic N) is 4. The molecular formula is C23H26N4O3S. The molecule has 0 N–H and O–H groups in total. The van der Waals surface area contributed by atoms with Crippen molar-refractivity contribution in [3.05, 3.63) is 81.6 Å². The first-order chi connectivity index (χ1) is 14.8. The van der Waals surface area contributed by atoms with Gasteiger partial charge in [0.05, 0.1) is 10.6 Å². The zero-order valence-electron chi connectivity index (χ0n) is 17.9. The molecule has 1 aromatic heterocycles. The van der Waals surface area contributed by atoms with Crippen molar-refractivity contribution in [2.24, 2.45) is 0 Å². The van der Waals surface area contributed by atoms with Crippen molar-refractivity contribution in [2.45, 2.75) is 25.7 Å². The Kier molecular flexibility index (Phi) is 5.68. The van der Waals surface area contributed by atoms with Gasteiger partial charge in [-0.05, 0) is 50.1 Å². The van der Waals surface area contributed by atoms with Crippen LogP contribution < -0.4 is 10.5 Å². The molecule has 0 saturated carbocycles. The van der Waals surface area contributed by atoms with E-state index in [0.717, 1.165) is 16.7 Å². The summed E-state index contributed by atoms with van der Waals surface area (Å²) in [7, 11) is -3.57. The van der Waals surface area contributed by atoms with Crippen LogP contribution in [0.2, 0.25) is 0 Å². The second kappa shape index (κ2) is 8.28. The first-order valence-corrected chi connectivity index (χ1v) is 11.7. The maximum atomic E-state index is 13.3. The molecule has 1 fully saturated rings. The monoisotopic (exact) mass is 438 g/mol. The summed E-state index contributed by atoms with van der Waals surface area (Å²) in [6.45, 7) is 7.39. The summed E-state index contributed by atoms with van der Waals surface area (Å²) in [5.41, 5.74) is 3.09. The Morgan fingerprint density at radius 1 is 0.839 bits per heavy atom. The normalized spacial score (nSPS) is 15.3. The van der Waals surface area contributed by atoms with Gasteiger partial charge in [-0.25, -0.2) is 8.42 Å². The zero-order valence-corrected chi connectivity index (χ0v) is 18.8. The van der Waals surface area contributed by atoms with E-state index in [0.29, 0.717) is 42.6 Å². The van der Waals surface area contributed by atoms with Crippen LogP contribution in [0.3, 0.4) is 0 Å². The zero-order chi connectivity index (χ0) is 22.2. The van der Waals surface area contributed by atoms with Gasteiger partial charge < -0.3 is 4.90 Å². The van der Waals surface area contributed by atoms with Gasteiger partial charge in [0.25, 0.3) is 5.56 Å². The highest BCUT2D eigenvalue weighted by molar-refractivity contribution is 7.89. The van der Waals surface area contributed by atoms with Crippen molar-refractivity contribution in [1.29, 1.82) is 0 Å². The summed E-state index contributed by atoms with van der Waals surface area (Å²) in [6, 6.07) is 16.3. The van der Waals surface area contributed by atoms with Gasteiger partial charge in [-0.2, -0.15) is 8.99 Å². The molecule has 2 aromatic carbocycles.